The molecule has 0 bridgehead atoms. The molecule has 1 N–H and O–H groups in total. The molecule has 0 aliphatic rings. The Morgan fingerprint density at radius 2 is 2.11 bits per heavy atom. The quantitative estimate of drug-likeness (QED) is 0.852. The Hall–Kier alpha value is -1.30. The smallest absolute Gasteiger partial charge is 0.212 e. The van der Waals surface area contributed by atoms with Crippen LogP contribution in [0.15, 0.2) is 36.5 Å². The van der Waals surface area contributed by atoms with E-state index in [0.29, 0.717) is 5.88 Å². The third-order valence-corrected chi connectivity index (χ3v) is 3.84. The second-order valence-corrected chi connectivity index (χ2v) is 5.19. The molecule has 18 heavy (non-hydrogen) atoms. The molecule has 0 fully saturated rings. The standard InChI is InChI=1S/C14H15IN2O/c1-10-3-5-12(7-13(10)15)16-8-11-4-6-14(18-2)17-9-11/h3-7,9,16H,8H2,1-2H3. The second-order valence-electron chi connectivity index (χ2n) is 4.03. The molecule has 1 heterocycles. The van der Waals surface area contributed by atoms with E-state index in [4.69, 9.17) is 4.74 Å². The number of halogens is 1. The minimum Gasteiger partial charge on any atom is -0.481 e. The number of anilines is 1. The van der Waals surface area contributed by atoms with Gasteiger partial charge in [-0.3, -0.25) is 0 Å². The van der Waals surface area contributed by atoms with Gasteiger partial charge in [0, 0.05) is 28.1 Å². The van der Waals surface area contributed by atoms with Crippen molar-refractivity contribution in [3.8, 4) is 5.88 Å². The van der Waals surface area contributed by atoms with Crippen LogP contribution in [-0.4, -0.2) is 12.1 Å². The molecule has 0 aliphatic carbocycles. The number of nitrogens with zero attached hydrogens (tertiary/aromatic N) is 1. The molecular weight excluding hydrogens is 339 g/mol. The maximum atomic E-state index is 5.03. The van der Waals surface area contributed by atoms with Crippen molar-refractivity contribution in [1.29, 1.82) is 0 Å². The zero-order chi connectivity index (χ0) is 13.0. The fraction of sp³-hybridized carbons (Fsp3) is 0.214. The minimum absolute atomic E-state index is 0.642. The Morgan fingerprint density at radius 3 is 2.72 bits per heavy atom. The summed E-state index contributed by atoms with van der Waals surface area (Å²) in [7, 11) is 1.62. The molecule has 2 rings (SSSR count). The van der Waals surface area contributed by atoms with E-state index in [1.807, 2.05) is 18.3 Å². The number of rotatable bonds is 4. The Labute approximate surface area is 121 Å². The maximum absolute atomic E-state index is 5.03. The topological polar surface area (TPSA) is 34.1 Å². The van der Waals surface area contributed by atoms with E-state index in [-0.39, 0.29) is 0 Å². The zero-order valence-electron chi connectivity index (χ0n) is 10.4. The van der Waals surface area contributed by atoms with E-state index < -0.39 is 0 Å². The van der Waals surface area contributed by atoms with E-state index in [2.05, 4.69) is 58.0 Å². The van der Waals surface area contributed by atoms with Crippen LogP contribution in [0.5, 0.6) is 5.88 Å². The molecule has 0 saturated carbocycles. The third kappa shape index (κ3) is 3.35. The van der Waals surface area contributed by atoms with Crippen LogP contribution in [0.1, 0.15) is 11.1 Å². The van der Waals surface area contributed by atoms with Gasteiger partial charge < -0.3 is 10.1 Å². The fourth-order valence-electron chi connectivity index (χ4n) is 1.54. The van der Waals surface area contributed by atoms with Gasteiger partial charge in [-0.25, -0.2) is 4.98 Å². The Morgan fingerprint density at radius 1 is 1.28 bits per heavy atom. The van der Waals surface area contributed by atoms with Crippen molar-refractivity contribution in [3.05, 3.63) is 51.2 Å². The van der Waals surface area contributed by atoms with Crippen LogP contribution in [0, 0.1) is 10.5 Å². The van der Waals surface area contributed by atoms with Gasteiger partial charge in [0.15, 0.2) is 0 Å². The van der Waals surface area contributed by atoms with Gasteiger partial charge in [0.25, 0.3) is 0 Å². The molecule has 4 heteroatoms. The summed E-state index contributed by atoms with van der Waals surface area (Å²) in [6.45, 7) is 2.87. The molecule has 94 valence electrons. The number of nitrogens with one attached hydrogen (secondary N) is 1. The highest BCUT2D eigenvalue weighted by Gasteiger charge is 1.99. The first-order valence-electron chi connectivity index (χ1n) is 5.68. The lowest BCUT2D eigenvalue weighted by atomic mass is 10.2. The monoisotopic (exact) mass is 354 g/mol. The lowest BCUT2D eigenvalue weighted by Crippen LogP contribution is -2.00. The first-order valence-corrected chi connectivity index (χ1v) is 6.76. The van der Waals surface area contributed by atoms with Crippen molar-refractivity contribution in [3.63, 3.8) is 0 Å². The number of methoxy groups -OCH3 is 1. The van der Waals surface area contributed by atoms with Gasteiger partial charge in [0.05, 0.1) is 7.11 Å². The third-order valence-electron chi connectivity index (χ3n) is 2.68. The molecule has 0 atom stereocenters. The fourth-order valence-corrected chi connectivity index (χ4v) is 2.06. The molecule has 0 amide bonds. The molecule has 0 radical (unpaired) electrons. The zero-order valence-corrected chi connectivity index (χ0v) is 12.6. The predicted molar refractivity (Wildman–Crippen MR) is 82.0 cm³/mol. The Balaban J connectivity index is 1.99. The van der Waals surface area contributed by atoms with Crippen molar-refractivity contribution < 1.29 is 4.74 Å². The van der Waals surface area contributed by atoms with Gasteiger partial charge in [-0.1, -0.05) is 12.1 Å². The number of hydrogen-bond acceptors (Lipinski definition) is 3. The summed E-state index contributed by atoms with van der Waals surface area (Å²) in [4.78, 5) is 4.18. The highest BCUT2D eigenvalue weighted by molar-refractivity contribution is 14.1. The minimum atomic E-state index is 0.642. The molecule has 0 aliphatic heterocycles. The van der Waals surface area contributed by atoms with E-state index >= 15 is 0 Å². The normalized spacial score (nSPS) is 10.2. The lowest BCUT2D eigenvalue weighted by Gasteiger charge is -2.08. The van der Waals surface area contributed by atoms with Crippen LogP contribution >= 0.6 is 22.6 Å². The maximum Gasteiger partial charge on any atom is 0.212 e. The molecule has 2 aromatic rings. The molecular formula is C14H15IN2O. The summed E-state index contributed by atoms with van der Waals surface area (Å²) in [5, 5.41) is 3.38. The predicted octanol–water partition coefficient (Wildman–Crippen LogP) is 3.62. The summed E-state index contributed by atoms with van der Waals surface area (Å²) in [5.41, 5.74) is 3.56. The van der Waals surface area contributed by atoms with Gasteiger partial charge in [-0.05, 0) is 52.8 Å². The van der Waals surface area contributed by atoms with Crippen molar-refractivity contribution >= 4 is 28.3 Å². The van der Waals surface area contributed by atoms with Crippen molar-refractivity contribution in [2.45, 2.75) is 13.5 Å². The van der Waals surface area contributed by atoms with Crippen molar-refractivity contribution in [2.24, 2.45) is 0 Å². The molecule has 0 unspecified atom stereocenters. The van der Waals surface area contributed by atoms with Crippen LogP contribution < -0.4 is 10.1 Å². The number of aromatic nitrogens is 1. The highest BCUT2D eigenvalue weighted by Crippen LogP contribution is 2.18. The van der Waals surface area contributed by atoms with E-state index in [0.717, 1.165) is 17.8 Å². The van der Waals surface area contributed by atoms with E-state index in [1.165, 1.54) is 9.13 Å². The van der Waals surface area contributed by atoms with Gasteiger partial charge in [0.1, 0.15) is 0 Å². The number of ether oxygens (including phenoxy) is 1. The summed E-state index contributed by atoms with van der Waals surface area (Å²) >= 11 is 2.34. The van der Waals surface area contributed by atoms with Gasteiger partial charge >= 0.3 is 0 Å². The number of benzene rings is 1. The lowest BCUT2D eigenvalue weighted by molar-refractivity contribution is 0.397. The van der Waals surface area contributed by atoms with Crippen molar-refractivity contribution in [1.82, 2.24) is 4.98 Å². The first kappa shape index (κ1) is 13.1. The van der Waals surface area contributed by atoms with Gasteiger partial charge in [-0.15, -0.1) is 0 Å². The van der Waals surface area contributed by atoms with Crippen LogP contribution in [-0.2, 0) is 6.54 Å². The molecule has 0 spiro atoms. The summed E-state index contributed by atoms with van der Waals surface area (Å²) in [5.74, 6) is 0.642. The van der Waals surface area contributed by atoms with Crippen LogP contribution in [0.2, 0.25) is 0 Å². The van der Waals surface area contributed by atoms with Crippen LogP contribution in [0.3, 0.4) is 0 Å². The SMILES string of the molecule is COc1ccc(CNc2ccc(C)c(I)c2)cn1. The van der Waals surface area contributed by atoms with Gasteiger partial charge in [0.2, 0.25) is 5.88 Å². The van der Waals surface area contributed by atoms with Crippen LogP contribution in [0.4, 0.5) is 5.69 Å². The second kappa shape index (κ2) is 6.04. The largest absolute Gasteiger partial charge is 0.481 e. The summed E-state index contributed by atoms with van der Waals surface area (Å²) < 4.78 is 6.30. The molecule has 1 aromatic heterocycles. The first-order chi connectivity index (χ1) is 8.69. The van der Waals surface area contributed by atoms with Gasteiger partial charge in [-0.2, -0.15) is 0 Å². The number of hydrogen-bond donors (Lipinski definition) is 1. The molecule has 1 aromatic carbocycles. The Kier molecular flexibility index (Phi) is 4.41. The highest BCUT2D eigenvalue weighted by atomic mass is 127. The Bertz CT molecular complexity index is 526. The molecule has 3 nitrogen and oxygen atoms in total. The van der Waals surface area contributed by atoms with E-state index in [9.17, 15) is 0 Å². The summed E-state index contributed by atoms with van der Waals surface area (Å²) in [6.07, 6.45) is 1.82. The van der Waals surface area contributed by atoms with Crippen LogP contribution in [0.25, 0.3) is 0 Å². The van der Waals surface area contributed by atoms with E-state index in [1.54, 1.807) is 7.11 Å². The molecule has 0 saturated heterocycles. The average molecular weight is 354 g/mol. The summed E-state index contributed by atoms with van der Waals surface area (Å²) in [6, 6.07) is 10.2. The van der Waals surface area contributed by atoms with Crippen molar-refractivity contribution in [2.75, 3.05) is 12.4 Å². The number of aryl methyl sites for hydroxylation is 1. The average Bonchev–Trinajstić information content (AvgIpc) is 2.41. The number of pyridine rings is 1.